The highest BCUT2D eigenvalue weighted by molar-refractivity contribution is 6.32. The van der Waals surface area contributed by atoms with Gasteiger partial charge in [-0.3, -0.25) is 0 Å². The SMILES string of the molecule is CCNc1ncc(F)c(Oc2ccc(C)cc2Cl)n1. The molecule has 4 nitrogen and oxygen atoms in total. The number of hydrogen-bond donors (Lipinski definition) is 1. The third-order valence-electron chi connectivity index (χ3n) is 2.34. The molecule has 1 aromatic heterocycles. The first-order chi connectivity index (χ1) is 9.10. The Hall–Kier alpha value is -1.88. The monoisotopic (exact) mass is 281 g/mol. The zero-order valence-electron chi connectivity index (χ0n) is 10.6. The van der Waals surface area contributed by atoms with Crippen molar-refractivity contribution in [3.63, 3.8) is 0 Å². The summed E-state index contributed by atoms with van der Waals surface area (Å²) in [5.74, 6) is -0.135. The number of anilines is 1. The summed E-state index contributed by atoms with van der Waals surface area (Å²) in [5, 5.41) is 3.29. The summed E-state index contributed by atoms with van der Waals surface area (Å²) < 4.78 is 19.0. The largest absolute Gasteiger partial charge is 0.435 e. The van der Waals surface area contributed by atoms with Gasteiger partial charge < -0.3 is 10.1 Å². The molecule has 1 N–H and O–H groups in total. The van der Waals surface area contributed by atoms with E-state index in [4.69, 9.17) is 16.3 Å². The van der Waals surface area contributed by atoms with Gasteiger partial charge in [0.05, 0.1) is 11.2 Å². The topological polar surface area (TPSA) is 47.0 Å². The molecule has 0 aliphatic carbocycles. The van der Waals surface area contributed by atoms with Crippen molar-refractivity contribution in [3.8, 4) is 11.6 Å². The number of benzene rings is 1. The lowest BCUT2D eigenvalue weighted by Crippen LogP contribution is -2.04. The summed E-state index contributed by atoms with van der Waals surface area (Å²) in [5.41, 5.74) is 0.994. The molecule has 1 heterocycles. The fourth-order valence-electron chi connectivity index (χ4n) is 1.46. The van der Waals surface area contributed by atoms with Crippen LogP contribution < -0.4 is 10.1 Å². The Kier molecular flexibility index (Phi) is 4.16. The molecule has 19 heavy (non-hydrogen) atoms. The Balaban J connectivity index is 2.29. The second kappa shape index (κ2) is 5.84. The molecule has 0 spiro atoms. The number of hydrogen-bond acceptors (Lipinski definition) is 4. The fraction of sp³-hybridized carbons (Fsp3) is 0.231. The minimum atomic E-state index is -0.640. The van der Waals surface area contributed by atoms with Crippen molar-refractivity contribution in [2.45, 2.75) is 13.8 Å². The first-order valence-corrected chi connectivity index (χ1v) is 6.18. The van der Waals surface area contributed by atoms with Gasteiger partial charge in [-0.15, -0.1) is 0 Å². The Morgan fingerprint density at radius 1 is 1.42 bits per heavy atom. The molecule has 2 rings (SSSR count). The smallest absolute Gasteiger partial charge is 0.260 e. The van der Waals surface area contributed by atoms with Crippen molar-refractivity contribution < 1.29 is 9.13 Å². The van der Waals surface area contributed by atoms with E-state index in [0.29, 0.717) is 23.3 Å². The summed E-state index contributed by atoms with van der Waals surface area (Å²) in [6.07, 6.45) is 1.06. The predicted molar refractivity (Wildman–Crippen MR) is 72.4 cm³/mol. The maximum atomic E-state index is 13.6. The van der Waals surface area contributed by atoms with Gasteiger partial charge in [-0.2, -0.15) is 9.37 Å². The average molecular weight is 282 g/mol. The molecule has 6 heteroatoms. The molecule has 0 atom stereocenters. The van der Waals surface area contributed by atoms with Gasteiger partial charge in [0.15, 0.2) is 0 Å². The van der Waals surface area contributed by atoms with Crippen LogP contribution in [0.25, 0.3) is 0 Å². The molecule has 0 aliphatic heterocycles. The minimum Gasteiger partial charge on any atom is -0.435 e. The van der Waals surface area contributed by atoms with Gasteiger partial charge in [0.2, 0.25) is 11.8 Å². The first kappa shape index (κ1) is 13.5. The molecule has 0 fully saturated rings. The van der Waals surface area contributed by atoms with Crippen LogP contribution in [-0.2, 0) is 0 Å². The first-order valence-electron chi connectivity index (χ1n) is 5.80. The van der Waals surface area contributed by atoms with Crippen molar-refractivity contribution >= 4 is 17.5 Å². The van der Waals surface area contributed by atoms with Crippen LogP contribution in [0, 0.1) is 12.7 Å². The quantitative estimate of drug-likeness (QED) is 0.926. The summed E-state index contributed by atoms with van der Waals surface area (Å²) >= 11 is 6.03. The van der Waals surface area contributed by atoms with E-state index in [0.717, 1.165) is 11.8 Å². The van der Waals surface area contributed by atoms with E-state index in [2.05, 4.69) is 15.3 Å². The Bertz CT molecular complexity index is 592. The number of ether oxygens (including phenoxy) is 1. The van der Waals surface area contributed by atoms with Crippen molar-refractivity contribution in [2.75, 3.05) is 11.9 Å². The predicted octanol–water partition coefficient (Wildman–Crippen LogP) is 3.80. The van der Waals surface area contributed by atoms with Gasteiger partial charge in [-0.25, -0.2) is 4.98 Å². The molecule has 0 radical (unpaired) electrons. The zero-order valence-corrected chi connectivity index (χ0v) is 11.3. The fourth-order valence-corrected chi connectivity index (χ4v) is 1.73. The second-order valence-corrected chi connectivity index (χ2v) is 4.32. The molecule has 2 aromatic rings. The van der Waals surface area contributed by atoms with E-state index in [1.165, 1.54) is 0 Å². The summed E-state index contributed by atoms with van der Waals surface area (Å²) in [6, 6.07) is 5.23. The number of rotatable bonds is 4. The van der Waals surface area contributed by atoms with E-state index in [9.17, 15) is 4.39 Å². The molecule has 0 bridgehead atoms. The van der Waals surface area contributed by atoms with E-state index in [-0.39, 0.29) is 5.88 Å². The number of aromatic nitrogens is 2. The van der Waals surface area contributed by atoms with Gasteiger partial charge in [0.1, 0.15) is 5.75 Å². The molecule has 1 aromatic carbocycles. The van der Waals surface area contributed by atoms with Crippen LogP contribution >= 0.6 is 11.6 Å². The van der Waals surface area contributed by atoms with Crippen LogP contribution in [0.4, 0.5) is 10.3 Å². The molecular weight excluding hydrogens is 269 g/mol. The third kappa shape index (κ3) is 3.32. The van der Waals surface area contributed by atoms with Gasteiger partial charge in [0.25, 0.3) is 5.88 Å². The molecular formula is C13H13ClFN3O. The summed E-state index contributed by atoms with van der Waals surface area (Å²) in [4.78, 5) is 7.74. The molecule has 0 unspecified atom stereocenters. The Morgan fingerprint density at radius 2 is 2.21 bits per heavy atom. The second-order valence-electron chi connectivity index (χ2n) is 3.91. The zero-order chi connectivity index (χ0) is 13.8. The summed E-state index contributed by atoms with van der Waals surface area (Å²) in [6.45, 7) is 4.44. The van der Waals surface area contributed by atoms with E-state index in [1.54, 1.807) is 12.1 Å². The van der Waals surface area contributed by atoms with Gasteiger partial charge in [-0.05, 0) is 31.5 Å². The third-order valence-corrected chi connectivity index (χ3v) is 2.64. The van der Waals surface area contributed by atoms with Crippen molar-refractivity contribution in [1.82, 2.24) is 9.97 Å². The van der Waals surface area contributed by atoms with Crippen molar-refractivity contribution in [3.05, 3.63) is 40.8 Å². The maximum absolute atomic E-state index is 13.6. The molecule has 0 aliphatic rings. The Morgan fingerprint density at radius 3 is 2.89 bits per heavy atom. The minimum absolute atomic E-state index is 0.156. The van der Waals surface area contributed by atoms with Crippen molar-refractivity contribution in [2.24, 2.45) is 0 Å². The average Bonchev–Trinajstić information content (AvgIpc) is 2.37. The normalized spacial score (nSPS) is 10.3. The lowest BCUT2D eigenvalue weighted by atomic mass is 10.2. The van der Waals surface area contributed by atoms with Crippen LogP contribution in [0.1, 0.15) is 12.5 Å². The highest BCUT2D eigenvalue weighted by Crippen LogP contribution is 2.30. The van der Waals surface area contributed by atoms with Gasteiger partial charge in [0, 0.05) is 6.54 Å². The lowest BCUT2D eigenvalue weighted by molar-refractivity contribution is 0.421. The maximum Gasteiger partial charge on any atom is 0.260 e. The van der Waals surface area contributed by atoms with Gasteiger partial charge >= 0.3 is 0 Å². The number of halogens is 2. The van der Waals surface area contributed by atoms with Crippen LogP contribution in [0.2, 0.25) is 5.02 Å². The van der Waals surface area contributed by atoms with E-state index < -0.39 is 5.82 Å². The molecule has 0 saturated carbocycles. The standard InChI is InChI=1S/C13H13ClFN3O/c1-3-16-13-17-7-10(15)12(18-13)19-11-5-4-8(2)6-9(11)14/h4-7H,3H2,1-2H3,(H,16,17,18). The number of nitrogens with one attached hydrogen (secondary N) is 1. The highest BCUT2D eigenvalue weighted by Gasteiger charge is 2.11. The van der Waals surface area contributed by atoms with Crippen LogP contribution in [0.15, 0.2) is 24.4 Å². The number of nitrogens with zero attached hydrogens (tertiary/aromatic N) is 2. The number of aryl methyl sites for hydroxylation is 1. The van der Waals surface area contributed by atoms with Gasteiger partial charge in [-0.1, -0.05) is 17.7 Å². The molecule has 0 amide bonds. The molecule has 0 saturated heterocycles. The molecule has 100 valence electrons. The summed E-state index contributed by atoms with van der Waals surface area (Å²) in [7, 11) is 0. The highest BCUT2D eigenvalue weighted by atomic mass is 35.5. The van der Waals surface area contributed by atoms with Crippen LogP contribution in [-0.4, -0.2) is 16.5 Å². The van der Waals surface area contributed by atoms with E-state index >= 15 is 0 Å². The van der Waals surface area contributed by atoms with Crippen LogP contribution in [0.5, 0.6) is 11.6 Å². The lowest BCUT2D eigenvalue weighted by Gasteiger charge is -2.09. The Labute approximate surface area is 115 Å². The van der Waals surface area contributed by atoms with Crippen molar-refractivity contribution in [1.29, 1.82) is 0 Å². The van der Waals surface area contributed by atoms with Crippen LogP contribution in [0.3, 0.4) is 0 Å². The van der Waals surface area contributed by atoms with E-state index in [1.807, 2.05) is 19.9 Å².